The molecule has 152 valence electrons. The van der Waals surface area contributed by atoms with Gasteiger partial charge in [-0.25, -0.2) is 0 Å². The van der Waals surface area contributed by atoms with Crippen LogP contribution in [0.25, 0.3) is 22.4 Å². The Morgan fingerprint density at radius 2 is 1.72 bits per heavy atom. The number of aryl methyl sites for hydroxylation is 2. The molecular weight excluding hydrogens is 400 g/mol. The molecule has 0 fully saturated rings. The predicted molar refractivity (Wildman–Crippen MR) is 123 cm³/mol. The Balaban J connectivity index is 2.04. The van der Waals surface area contributed by atoms with Gasteiger partial charge in [0.15, 0.2) is 0 Å². The molecule has 0 aliphatic rings. The van der Waals surface area contributed by atoms with E-state index in [1.54, 1.807) is 6.26 Å². The minimum absolute atomic E-state index is 0.698. The molecule has 0 bridgehead atoms. The molecule has 3 rings (SSSR count). The summed E-state index contributed by atoms with van der Waals surface area (Å²) in [6.07, 6.45) is 9.14. The topological polar surface area (TPSA) is 42.9 Å². The molecule has 1 unspecified atom stereocenters. The van der Waals surface area contributed by atoms with E-state index in [2.05, 4.69) is 18.0 Å². The first-order chi connectivity index (χ1) is 14.0. The molecule has 0 aliphatic heterocycles. The van der Waals surface area contributed by atoms with Crippen LogP contribution in [-0.4, -0.2) is 20.4 Å². The van der Waals surface area contributed by atoms with Crippen molar-refractivity contribution in [3.05, 3.63) is 65.1 Å². The van der Waals surface area contributed by atoms with Gasteiger partial charge in [0.2, 0.25) is 0 Å². The van der Waals surface area contributed by atoms with Crippen LogP contribution in [0.3, 0.4) is 0 Å². The Morgan fingerprint density at radius 3 is 2.34 bits per heavy atom. The Kier molecular flexibility index (Phi) is 7.57. The highest BCUT2D eigenvalue weighted by atomic mass is 35.5. The molecular formula is C24H27ClN2OS. The van der Waals surface area contributed by atoms with Crippen LogP contribution in [0.15, 0.2) is 53.6 Å². The molecule has 0 aliphatic carbocycles. The predicted octanol–water partition coefficient (Wildman–Crippen LogP) is 6.63. The summed E-state index contributed by atoms with van der Waals surface area (Å²) in [5.74, 6) is 0. The zero-order chi connectivity index (χ0) is 20.8. The van der Waals surface area contributed by atoms with Gasteiger partial charge in [0.05, 0.1) is 16.4 Å². The first-order valence-corrected chi connectivity index (χ1v) is 12.0. The summed E-state index contributed by atoms with van der Waals surface area (Å²) in [6, 6.07) is 13.8. The Labute approximate surface area is 181 Å². The number of halogens is 1. The maximum absolute atomic E-state index is 11.7. The van der Waals surface area contributed by atoms with Gasteiger partial charge in [0.1, 0.15) is 0 Å². The third-order valence-electron chi connectivity index (χ3n) is 5.00. The highest BCUT2D eigenvalue weighted by molar-refractivity contribution is 7.84. The lowest BCUT2D eigenvalue weighted by Crippen LogP contribution is -1.99. The highest BCUT2D eigenvalue weighted by Crippen LogP contribution is 2.34. The molecule has 0 radical (unpaired) electrons. The summed E-state index contributed by atoms with van der Waals surface area (Å²) >= 11 is 6.63. The van der Waals surface area contributed by atoms with Crippen molar-refractivity contribution in [3.8, 4) is 22.4 Å². The number of unbranched alkanes of at least 4 members (excludes halogenated alkanes) is 3. The van der Waals surface area contributed by atoms with E-state index in [1.807, 2.05) is 49.5 Å². The molecule has 3 aromatic rings. The van der Waals surface area contributed by atoms with E-state index >= 15 is 0 Å². The van der Waals surface area contributed by atoms with Crippen LogP contribution in [-0.2, 0) is 17.2 Å². The van der Waals surface area contributed by atoms with Crippen molar-refractivity contribution in [1.82, 2.24) is 9.97 Å². The third-order valence-corrected chi connectivity index (χ3v) is 6.26. The zero-order valence-corrected chi connectivity index (χ0v) is 18.8. The number of nitrogens with zero attached hydrogens (tertiary/aromatic N) is 2. The van der Waals surface area contributed by atoms with Crippen LogP contribution in [0.1, 0.15) is 44.0 Å². The first-order valence-electron chi connectivity index (χ1n) is 10.1. The fraction of sp³-hybridized carbons (Fsp3) is 0.333. The van der Waals surface area contributed by atoms with Crippen LogP contribution in [0.5, 0.6) is 0 Å². The molecule has 5 heteroatoms. The molecule has 1 aromatic carbocycles. The zero-order valence-electron chi connectivity index (χ0n) is 17.2. The largest absolute Gasteiger partial charge is 0.261 e. The van der Waals surface area contributed by atoms with Crippen molar-refractivity contribution >= 4 is 22.4 Å². The fourth-order valence-electron chi connectivity index (χ4n) is 3.30. The molecule has 3 nitrogen and oxygen atoms in total. The molecule has 0 N–H and O–H groups in total. The van der Waals surface area contributed by atoms with Crippen molar-refractivity contribution in [2.75, 3.05) is 6.26 Å². The second kappa shape index (κ2) is 10.1. The number of rotatable bonds is 8. The maximum Gasteiger partial charge on any atom is 0.0800 e. The van der Waals surface area contributed by atoms with E-state index in [0.29, 0.717) is 5.02 Å². The Hall–Kier alpha value is -2.04. The second-order valence-electron chi connectivity index (χ2n) is 7.29. The maximum atomic E-state index is 11.7. The Morgan fingerprint density at radius 1 is 1.00 bits per heavy atom. The van der Waals surface area contributed by atoms with Gasteiger partial charge in [0.25, 0.3) is 0 Å². The highest BCUT2D eigenvalue weighted by Gasteiger charge is 2.15. The number of pyridine rings is 2. The molecule has 2 aromatic heterocycles. The average molecular weight is 427 g/mol. The smallest absolute Gasteiger partial charge is 0.0800 e. The van der Waals surface area contributed by atoms with Gasteiger partial charge in [0, 0.05) is 45.0 Å². The fourth-order valence-corrected chi connectivity index (χ4v) is 4.06. The van der Waals surface area contributed by atoms with Crippen molar-refractivity contribution in [1.29, 1.82) is 0 Å². The van der Waals surface area contributed by atoms with Gasteiger partial charge < -0.3 is 0 Å². The van der Waals surface area contributed by atoms with Crippen LogP contribution >= 0.6 is 11.6 Å². The van der Waals surface area contributed by atoms with E-state index in [9.17, 15) is 4.21 Å². The van der Waals surface area contributed by atoms with Gasteiger partial charge in [-0.15, -0.1) is 0 Å². The van der Waals surface area contributed by atoms with E-state index < -0.39 is 10.8 Å². The number of benzene rings is 1. The molecule has 29 heavy (non-hydrogen) atoms. The summed E-state index contributed by atoms with van der Waals surface area (Å²) < 4.78 is 11.7. The normalized spacial score (nSPS) is 12.1. The van der Waals surface area contributed by atoms with E-state index in [0.717, 1.165) is 51.5 Å². The van der Waals surface area contributed by atoms with E-state index in [4.69, 9.17) is 16.6 Å². The minimum Gasteiger partial charge on any atom is -0.261 e. The summed E-state index contributed by atoms with van der Waals surface area (Å²) in [5.41, 5.74) is 5.73. The lowest BCUT2D eigenvalue weighted by atomic mass is 9.98. The number of aromatic nitrogens is 2. The monoisotopic (exact) mass is 426 g/mol. The summed E-state index contributed by atoms with van der Waals surface area (Å²) in [4.78, 5) is 10.2. The standard InChI is InChI=1S/C24H27ClN2OS/c1-4-5-6-7-8-23-22(25)15-21(18-11-13-20(14-12-18)29(3)28)24(27-23)19-10-9-17(2)26-16-19/h9-16H,4-8H2,1-3H3. The summed E-state index contributed by atoms with van der Waals surface area (Å²) in [6.45, 7) is 4.19. The van der Waals surface area contributed by atoms with Gasteiger partial charge in [-0.3, -0.25) is 14.2 Å². The average Bonchev–Trinajstić information content (AvgIpc) is 2.72. The molecule has 1 atom stereocenters. The molecule has 0 spiro atoms. The van der Waals surface area contributed by atoms with Gasteiger partial charge in [-0.2, -0.15) is 0 Å². The van der Waals surface area contributed by atoms with Gasteiger partial charge in [-0.05, 0) is 55.7 Å². The summed E-state index contributed by atoms with van der Waals surface area (Å²) in [7, 11) is -1.00. The first kappa shape index (κ1) is 21.7. The molecule has 0 amide bonds. The third kappa shape index (κ3) is 5.52. The number of hydrogen-bond donors (Lipinski definition) is 0. The quantitative estimate of drug-likeness (QED) is 0.379. The van der Waals surface area contributed by atoms with Crippen LogP contribution in [0.2, 0.25) is 5.02 Å². The Bertz CT molecular complexity index is 985. The summed E-state index contributed by atoms with van der Waals surface area (Å²) in [5, 5.41) is 0.698. The van der Waals surface area contributed by atoms with E-state index in [-0.39, 0.29) is 0 Å². The van der Waals surface area contributed by atoms with Crippen molar-refractivity contribution in [2.24, 2.45) is 0 Å². The van der Waals surface area contributed by atoms with Crippen LogP contribution in [0.4, 0.5) is 0 Å². The molecule has 0 saturated carbocycles. The minimum atomic E-state index is -1.00. The van der Waals surface area contributed by atoms with Crippen molar-refractivity contribution in [3.63, 3.8) is 0 Å². The lowest BCUT2D eigenvalue weighted by Gasteiger charge is -2.14. The number of hydrogen-bond acceptors (Lipinski definition) is 3. The van der Waals surface area contributed by atoms with Crippen LogP contribution < -0.4 is 0 Å². The SMILES string of the molecule is CCCCCCc1nc(-c2ccc(C)nc2)c(-c2ccc(S(C)=O)cc2)cc1Cl. The molecule has 0 saturated heterocycles. The van der Waals surface area contributed by atoms with Crippen molar-refractivity contribution in [2.45, 2.75) is 50.8 Å². The van der Waals surface area contributed by atoms with Gasteiger partial charge in [-0.1, -0.05) is 49.9 Å². The van der Waals surface area contributed by atoms with Crippen LogP contribution in [0, 0.1) is 6.92 Å². The second-order valence-corrected chi connectivity index (χ2v) is 9.08. The van der Waals surface area contributed by atoms with E-state index in [1.165, 1.54) is 19.3 Å². The van der Waals surface area contributed by atoms with Gasteiger partial charge >= 0.3 is 0 Å². The van der Waals surface area contributed by atoms with Crippen molar-refractivity contribution < 1.29 is 4.21 Å². The molecule has 2 heterocycles. The lowest BCUT2D eigenvalue weighted by molar-refractivity contribution is 0.661.